The van der Waals surface area contributed by atoms with E-state index < -0.39 is 17.7 Å². The van der Waals surface area contributed by atoms with Gasteiger partial charge in [0.15, 0.2) is 5.13 Å². The molecule has 2 aromatic carbocycles. The predicted octanol–water partition coefficient (Wildman–Crippen LogP) is 5.04. The molecule has 0 radical (unpaired) electrons. The van der Waals surface area contributed by atoms with E-state index in [1.54, 1.807) is 48.5 Å². The quantitative estimate of drug-likeness (QED) is 0.363. The van der Waals surface area contributed by atoms with Crippen LogP contribution in [-0.4, -0.2) is 21.8 Å². The first-order valence-electron chi connectivity index (χ1n) is 8.94. The summed E-state index contributed by atoms with van der Waals surface area (Å²) in [5, 5.41) is 11.9. The van der Waals surface area contributed by atoms with Crippen LogP contribution in [0.2, 0.25) is 5.02 Å². The summed E-state index contributed by atoms with van der Waals surface area (Å²) in [5.41, 5.74) is 1.96. The predicted molar refractivity (Wildman–Crippen MR) is 114 cm³/mol. The van der Waals surface area contributed by atoms with Crippen LogP contribution in [0, 0.1) is 13.8 Å². The van der Waals surface area contributed by atoms with Crippen molar-refractivity contribution in [3.63, 3.8) is 0 Å². The first kappa shape index (κ1) is 19.4. The minimum absolute atomic E-state index is 0.0361. The number of benzene rings is 2. The fraction of sp³-hybridized carbons (Fsp3) is 0.136. The molecule has 7 heteroatoms. The Hall–Kier alpha value is -2.96. The van der Waals surface area contributed by atoms with Crippen LogP contribution in [0.3, 0.4) is 0 Å². The van der Waals surface area contributed by atoms with Crippen molar-refractivity contribution in [1.82, 2.24) is 4.98 Å². The lowest BCUT2D eigenvalue weighted by Gasteiger charge is -2.23. The molecule has 3 aromatic rings. The molecule has 1 N–H and O–H groups in total. The monoisotopic (exact) mass is 424 g/mol. The van der Waals surface area contributed by atoms with Gasteiger partial charge in [-0.05, 0) is 31.5 Å². The zero-order valence-electron chi connectivity index (χ0n) is 15.7. The third-order valence-corrected chi connectivity index (χ3v) is 6.22. The number of hydrogen-bond donors (Lipinski definition) is 1. The lowest BCUT2D eigenvalue weighted by molar-refractivity contribution is -0.132. The van der Waals surface area contributed by atoms with Gasteiger partial charge in [-0.1, -0.05) is 54.1 Å². The molecule has 0 bridgehead atoms. The number of aromatic nitrogens is 1. The van der Waals surface area contributed by atoms with Crippen LogP contribution >= 0.6 is 22.9 Å². The van der Waals surface area contributed by atoms with Gasteiger partial charge in [0, 0.05) is 15.5 Å². The SMILES string of the molecule is Cc1nc(N2C(=O)C(=O)/C(=C(/O)c3ccccc3)C2c2ccc(Cl)cc2)sc1C. The number of anilines is 1. The summed E-state index contributed by atoms with van der Waals surface area (Å²) in [6.07, 6.45) is 0. The van der Waals surface area contributed by atoms with Gasteiger partial charge in [-0.3, -0.25) is 14.5 Å². The largest absolute Gasteiger partial charge is 0.507 e. The fourth-order valence-electron chi connectivity index (χ4n) is 3.30. The van der Waals surface area contributed by atoms with Crippen molar-refractivity contribution < 1.29 is 14.7 Å². The number of aliphatic hydroxyl groups excluding tert-OH is 1. The van der Waals surface area contributed by atoms with E-state index in [9.17, 15) is 14.7 Å². The van der Waals surface area contributed by atoms with Gasteiger partial charge in [-0.15, -0.1) is 11.3 Å². The van der Waals surface area contributed by atoms with E-state index in [0.717, 1.165) is 10.6 Å². The Kier molecular flexibility index (Phi) is 4.98. The number of carbonyl (C=O) groups is 2. The van der Waals surface area contributed by atoms with Crippen LogP contribution in [0.5, 0.6) is 0 Å². The Bertz CT molecular complexity index is 1120. The molecule has 1 aromatic heterocycles. The molecule has 1 unspecified atom stereocenters. The maximum absolute atomic E-state index is 13.0. The molecule has 1 aliphatic heterocycles. The van der Waals surface area contributed by atoms with E-state index in [-0.39, 0.29) is 11.3 Å². The minimum atomic E-state index is -0.794. The average molecular weight is 425 g/mol. The molecule has 1 atom stereocenters. The minimum Gasteiger partial charge on any atom is -0.507 e. The zero-order valence-corrected chi connectivity index (χ0v) is 17.3. The van der Waals surface area contributed by atoms with Crippen LogP contribution in [0.1, 0.15) is 27.7 Å². The van der Waals surface area contributed by atoms with Gasteiger partial charge >= 0.3 is 5.91 Å². The van der Waals surface area contributed by atoms with Crippen molar-refractivity contribution in [3.8, 4) is 0 Å². The molecule has 1 amide bonds. The molecule has 1 aliphatic rings. The molecule has 0 spiro atoms. The smallest absolute Gasteiger partial charge is 0.301 e. The molecule has 1 fully saturated rings. The Balaban J connectivity index is 1.95. The second-order valence-corrected chi connectivity index (χ2v) is 8.34. The summed E-state index contributed by atoms with van der Waals surface area (Å²) in [5.74, 6) is -1.66. The van der Waals surface area contributed by atoms with E-state index in [2.05, 4.69) is 4.98 Å². The summed E-state index contributed by atoms with van der Waals surface area (Å²) >= 11 is 7.37. The van der Waals surface area contributed by atoms with E-state index in [1.807, 2.05) is 19.9 Å². The molecule has 1 saturated heterocycles. The van der Waals surface area contributed by atoms with Crippen LogP contribution in [0.25, 0.3) is 5.76 Å². The first-order valence-corrected chi connectivity index (χ1v) is 10.1. The summed E-state index contributed by atoms with van der Waals surface area (Å²) in [4.78, 5) is 32.8. The summed E-state index contributed by atoms with van der Waals surface area (Å²) in [7, 11) is 0. The molecule has 5 nitrogen and oxygen atoms in total. The van der Waals surface area contributed by atoms with Gasteiger partial charge in [0.25, 0.3) is 5.78 Å². The van der Waals surface area contributed by atoms with Crippen LogP contribution < -0.4 is 4.90 Å². The van der Waals surface area contributed by atoms with Gasteiger partial charge in [-0.25, -0.2) is 4.98 Å². The third kappa shape index (κ3) is 3.34. The van der Waals surface area contributed by atoms with Crippen molar-refractivity contribution in [2.45, 2.75) is 19.9 Å². The van der Waals surface area contributed by atoms with Crippen LogP contribution in [0.4, 0.5) is 5.13 Å². The highest BCUT2D eigenvalue weighted by molar-refractivity contribution is 7.16. The summed E-state index contributed by atoms with van der Waals surface area (Å²) in [6.45, 7) is 3.77. The lowest BCUT2D eigenvalue weighted by atomic mass is 9.95. The van der Waals surface area contributed by atoms with Crippen molar-refractivity contribution in [3.05, 3.63) is 86.9 Å². The second-order valence-electron chi connectivity index (χ2n) is 6.72. The third-order valence-electron chi connectivity index (χ3n) is 4.90. The molecule has 4 rings (SSSR count). The average Bonchev–Trinajstić information content (AvgIpc) is 3.18. The number of aliphatic hydroxyl groups is 1. The van der Waals surface area contributed by atoms with Crippen LogP contribution in [0.15, 0.2) is 60.2 Å². The number of hydrogen-bond acceptors (Lipinski definition) is 5. The highest BCUT2D eigenvalue weighted by Gasteiger charge is 2.48. The zero-order chi connectivity index (χ0) is 20.7. The number of rotatable bonds is 3. The van der Waals surface area contributed by atoms with Gasteiger partial charge in [-0.2, -0.15) is 0 Å². The summed E-state index contributed by atoms with van der Waals surface area (Å²) < 4.78 is 0. The Morgan fingerprint density at radius 1 is 1.07 bits per heavy atom. The first-order chi connectivity index (χ1) is 13.9. The fourth-order valence-corrected chi connectivity index (χ4v) is 4.36. The van der Waals surface area contributed by atoms with Crippen molar-refractivity contribution in [1.29, 1.82) is 0 Å². The van der Waals surface area contributed by atoms with E-state index in [0.29, 0.717) is 21.3 Å². The molecular formula is C22H17ClN2O3S. The molecule has 0 aliphatic carbocycles. The number of aryl methyl sites for hydroxylation is 2. The number of carbonyl (C=O) groups excluding carboxylic acids is 2. The van der Waals surface area contributed by atoms with Gasteiger partial charge in [0.2, 0.25) is 0 Å². The lowest BCUT2D eigenvalue weighted by Crippen LogP contribution is -2.29. The number of thiazole rings is 1. The number of ketones is 1. The topological polar surface area (TPSA) is 70.5 Å². The highest BCUT2D eigenvalue weighted by atomic mass is 35.5. The number of halogens is 1. The molecule has 29 heavy (non-hydrogen) atoms. The number of Topliss-reactive ketones (excluding diaryl/α,β-unsaturated/α-hetero) is 1. The van der Waals surface area contributed by atoms with Crippen LogP contribution in [-0.2, 0) is 9.59 Å². The van der Waals surface area contributed by atoms with E-state index >= 15 is 0 Å². The van der Waals surface area contributed by atoms with Gasteiger partial charge in [0.05, 0.1) is 17.3 Å². The van der Waals surface area contributed by atoms with Crippen molar-refractivity contribution in [2.24, 2.45) is 0 Å². The maximum Gasteiger partial charge on any atom is 0.301 e. The molecule has 2 heterocycles. The maximum atomic E-state index is 13.0. The van der Waals surface area contributed by atoms with Crippen molar-refractivity contribution in [2.75, 3.05) is 4.90 Å². The highest BCUT2D eigenvalue weighted by Crippen LogP contribution is 2.43. The van der Waals surface area contributed by atoms with Gasteiger partial charge in [0.1, 0.15) is 5.76 Å². The van der Waals surface area contributed by atoms with E-state index in [4.69, 9.17) is 11.6 Å². The standard InChI is InChI=1S/C22H17ClN2O3S/c1-12-13(2)29-22(24-12)25-18(14-8-10-16(23)11-9-14)17(20(27)21(25)28)19(26)15-6-4-3-5-7-15/h3-11,18,26H,1-2H3/b19-17+. The molecule has 146 valence electrons. The Labute approximate surface area is 176 Å². The normalized spacial score (nSPS) is 18.4. The Morgan fingerprint density at radius 3 is 2.31 bits per heavy atom. The second kappa shape index (κ2) is 7.46. The van der Waals surface area contributed by atoms with Gasteiger partial charge < -0.3 is 5.11 Å². The number of nitrogens with zero attached hydrogens (tertiary/aromatic N) is 2. The summed E-state index contributed by atoms with van der Waals surface area (Å²) in [6, 6.07) is 14.8. The molecule has 0 saturated carbocycles. The van der Waals surface area contributed by atoms with Crippen molar-refractivity contribution >= 4 is 45.5 Å². The number of amides is 1. The molecular weight excluding hydrogens is 408 g/mol. The van der Waals surface area contributed by atoms with E-state index in [1.165, 1.54) is 16.2 Å². The Morgan fingerprint density at radius 2 is 1.72 bits per heavy atom.